The van der Waals surface area contributed by atoms with E-state index in [0.717, 1.165) is 0 Å². The van der Waals surface area contributed by atoms with Gasteiger partial charge in [0.05, 0.1) is 21.7 Å². The first-order valence-electron chi connectivity index (χ1n) is 9.06. The number of pyridine rings is 1. The number of phenols is 1. The fraction of sp³-hybridized carbons (Fsp3) is 0.143. The molecule has 0 aliphatic carbocycles. The Labute approximate surface area is 180 Å². The molecule has 0 atom stereocenters. The second kappa shape index (κ2) is 8.33. The minimum absolute atomic E-state index is 0.0125. The van der Waals surface area contributed by atoms with Gasteiger partial charge in [-0.3, -0.25) is 19.1 Å². The fourth-order valence-corrected chi connectivity index (χ4v) is 4.16. The molecule has 30 heavy (non-hydrogen) atoms. The molecule has 4 rings (SSSR count). The first-order valence-corrected chi connectivity index (χ1v) is 10.4. The number of aromatic hydroxyl groups is 1. The number of hydrogen-bond acceptors (Lipinski definition) is 6. The van der Waals surface area contributed by atoms with Gasteiger partial charge in [0.25, 0.3) is 5.56 Å². The van der Waals surface area contributed by atoms with Crippen LogP contribution in [0.2, 0.25) is 5.02 Å². The normalized spacial score (nSPS) is 11.1. The lowest BCUT2D eigenvalue weighted by molar-refractivity contribution is -0.118. The molecule has 9 heteroatoms. The molecule has 0 saturated carbocycles. The number of halogens is 1. The van der Waals surface area contributed by atoms with Crippen molar-refractivity contribution in [2.45, 2.75) is 11.7 Å². The number of nitrogens with one attached hydrogen (secondary N) is 1. The molecule has 1 amide bonds. The van der Waals surface area contributed by atoms with E-state index in [-0.39, 0.29) is 29.5 Å². The minimum atomic E-state index is -0.265. The molecule has 4 aromatic rings. The van der Waals surface area contributed by atoms with Gasteiger partial charge < -0.3 is 10.4 Å². The standard InChI is InChI=1S/C21H17ClN4O3S/c1-26-20(29)14-5-2-3-7-16(14)25-21(26)30-11-17(27)24-10-12-9-15(22)13-6-4-8-23-18(13)19(12)28/h2-9,28H,10-11H2,1H3,(H,24,27). The second-order valence-corrected chi connectivity index (χ2v) is 7.96. The average Bonchev–Trinajstić information content (AvgIpc) is 2.77. The zero-order valence-corrected chi connectivity index (χ0v) is 17.5. The lowest BCUT2D eigenvalue weighted by Crippen LogP contribution is -2.26. The summed E-state index contributed by atoms with van der Waals surface area (Å²) in [6, 6.07) is 12.2. The topological polar surface area (TPSA) is 97.1 Å². The Kier molecular flexibility index (Phi) is 5.61. The molecule has 2 N–H and O–H groups in total. The summed E-state index contributed by atoms with van der Waals surface area (Å²) >= 11 is 7.43. The van der Waals surface area contributed by atoms with Gasteiger partial charge in [-0.2, -0.15) is 0 Å². The van der Waals surface area contributed by atoms with Crippen LogP contribution in [0.3, 0.4) is 0 Å². The van der Waals surface area contributed by atoms with Crippen LogP contribution in [0.4, 0.5) is 0 Å². The van der Waals surface area contributed by atoms with Gasteiger partial charge in [-0.05, 0) is 30.3 Å². The average molecular weight is 441 g/mol. The van der Waals surface area contributed by atoms with Crippen molar-refractivity contribution < 1.29 is 9.90 Å². The van der Waals surface area contributed by atoms with Crippen molar-refractivity contribution in [2.24, 2.45) is 7.05 Å². The number of carbonyl (C=O) groups is 1. The van der Waals surface area contributed by atoms with E-state index in [0.29, 0.717) is 37.5 Å². The molecule has 0 bridgehead atoms. The van der Waals surface area contributed by atoms with Gasteiger partial charge in [0.2, 0.25) is 5.91 Å². The predicted octanol–water partition coefficient (Wildman–Crippen LogP) is 3.25. The first-order chi connectivity index (χ1) is 14.5. The van der Waals surface area contributed by atoms with Gasteiger partial charge in [-0.15, -0.1) is 0 Å². The molecule has 152 valence electrons. The van der Waals surface area contributed by atoms with Crippen molar-refractivity contribution in [3.05, 3.63) is 69.6 Å². The summed E-state index contributed by atoms with van der Waals surface area (Å²) in [5.74, 6) is -0.209. The molecule has 0 radical (unpaired) electrons. The number of amides is 1. The van der Waals surface area contributed by atoms with Crippen LogP contribution in [-0.2, 0) is 18.4 Å². The van der Waals surface area contributed by atoms with Gasteiger partial charge in [0.15, 0.2) is 5.16 Å². The van der Waals surface area contributed by atoms with Crippen molar-refractivity contribution in [1.29, 1.82) is 0 Å². The third kappa shape index (κ3) is 3.83. The highest BCUT2D eigenvalue weighted by molar-refractivity contribution is 7.99. The Hall–Kier alpha value is -3.10. The SMILES string of the molecule is Cn1c(SCC(=O)NCc2cc(Cl)c3cccnc3c2O)nc2ccccc2c1=O. The molecule has 2 aromatic carbocycles. The second-order valence-electron chi connectivity index (χ2n) is 6.61. The van der Waals surface area contributed by atoms with Gasteiger partial charge in [-0.1, -0.05) is 35.5 Å². The smallest absolute Gasteiger partial charge is 0.261 e. The Bertz CT molecular complexity index is 1340. The molecule has 0 aliphatic heterocycles. The monoisotopic (exact) mass is 440 g/mol. The predicted molar refractivity (Wildman–Crippen MR) is 118 cm³/mol. The molecule has 2 heterocycles. The van der Waals surface area contributed by atoms with Crippen molar-refractivity contribution >= 4 is 51.1 Å². The van der Waals surface area contributed by atoms with Crippen LogP contribution in [0.15, 0.2) is 58.6 Å². The van der Waals surface area contributed by atoms with Gasteiger partial charge in [0, 0.05) is 30.7 Å². The van der Waals surface area contributed by atoms with Crippen LogP contribution < -0.4 is 10.9 Å². The van der Waals surface area contributed by atoms with Crippen LogP contribution in [0, 0.1) is 0 Å². The molecule has 0 aliphatic rings. The van der Waals surface area contributed by atoms with Gasteiger partial charge in [-0.25, -0.2) is 4.98 Å². The highest BCUT2D eigenvalue weighted by Gasteiger charge is 2.14. The fourth-order valence-electron chi connectivity index (χ4n) is 3.07. The summed E-state index contributed by atoms with van der Waals surface area (Å²) in [6.07, 6.45) is 1.57. The van der Waals surface area contributed by atoms with E-state index in [1.54, 1.807) is 49.6 Å². The number of carbonyl (C=O) groups excluding carboxylic acids is 1. The first kappa shape index (κ1) is 20.2. The Morgan fingerprint density at radius 1 is 1.23 bits per heavy atom. The highest BCUT2D eigenvalue weighted by atomic mass is 35.5. The molecular weight excluding hydrogens is 424 g/mol. The number of rotatable bonds is 5. The number of hydrogen-bond donors (Lipinski definition) is 2. The number of nitrogens with zero attached hydrogens (tertiary/aromatic N) is 3. The maximum absolute atomic E-state index is 12.4. The van der Waals surface area contributed by atoms with Crippen molar-refractivity contribution in [3.8, 4) is 5.75 Å². The molecule has 0 unspecified atom stereocenters. The summed E-state index contributed by atoms with van der Waals surface area (Å²) < 4.78 is 1.43. The number of para-hydroxylation sites is 1. The summed E-state index contributed by atoms with van der Waals surface area (Å²) in [6.45, 7) is 0.0988. The number of fused-ring (bicyclic) bond motifs is 2. The highest BCUT2D eigenvalue weighted by Crippen LogP contribution is 2.32. The maximum atomic E-state index is 12.4. The minimum Gasteiger partial charge on any atom is -0.505 e. The van der Waals surface area contributed by atoms with Crippen molar-refractivity contribution in [1.82, 2.24) is 19.9 Å². The number of thioether (sulfide) groups is 1. The van der Waals surface area contributed by atoms with E-state index in [9.17, 15) is 14.7 Å². The van der Waals surface area contributed by atoms with Crippen LogP contribution in [0.25, 0.3) is 21.8 Å². The van der Waals surface area contributed by atoms with Crippen molar-refractivity contribution in [2.75, 3.05) is 5.75 Å². The van der Waals surface area contributed by atoms with Crippen molar-refractivity contribution in [3.63, 3.8) is 0 Å². The largest absolute Gasteiger partial charge is 0.505 e. The molecule has 0 spiro atoms. The van der Waals surface area contributed by atoms with Crippen LogP contribution in [0.5, 0.6) is 5.75 Å². The van der Waals surface area contributed by atoms with Crippen LogP contribution in [0.1, 0.15) is 5.56 Å². The summed E-state index contributed by atoms with van der Waals surface area (Å²) in [4.78, 5) is 33.4. The molecular formula is C21H17ClN4O3S. The molecule has 2 aromatic heterocycles. The lowest BCUT2D eigenvalue weighted by atomic mass is 10.1. The van der Waals surface area contributed by atoms with Crippen LogP contribution >= 0.6 is 23.4 Å². The van der Waals surface area contributed by atoms with Crippen LogP contribution in [-0.4, -0.2) is 31.3 Å². The molecule has 0 saturated heterocycles. The molecule has 0 fully saturated rings. The summed E-state index contributed by atoms with van der Waals surface area (Å²) in [5, 5.41) is 15.3. The Morgan fingerprint density at radius 3 is 2.83 bits per heavy atom. The maximum Gasteiger partial charge on any atom is 0.261 e. The zero-order valence-electron chi connectivity index (χ0n) is 15.9. The van der Waals surface area contributed by atoms with E-state index >= 15 is 0 Å². The van der Waals surface area contributed by atoms with E-state index < -0.39 is 0 Å². The van der Waals surface area contributed by atoms with Gasteiger partial charge in [0.1, 0.15) is 11.3 Å². The Balaban J connectivity index is 1.46. The number of aromatic nitrogens is 3. The Morgan fingerprint density at radius 2 is 2.00 bits per heavy atom. The third-order valence-corrected chi connectivity index (χ3v) is 5.99. The summed E-state index contributed by atoms with van der Waals surface area (Å²) in [7, 11) is 1.63. The van der Waals surface area contributed by atoms with E-state index in [4.69, 9.17) is 11.6 Å². The molecule has 7 nitrogen and oxygen atoms in total. The lowest BCUT2D eigenvalue weighted by Gasteiger charge is -2.11. The number of benzene rings is 2. The van der Waals surface area contributed by atoms with E-state index in [1.807, 2.05) is 6.07 Å². The summed E-state index contributed by atoms with van der Waals surface area (Å²) in [5.41, 5.74) is 1.29. The van der Waals surface area contributed by atoms with Gasteiger partial charge >= 0.3 is 0 Å². The van der Waals surface area contributed by atoms with E-state index in [1.165, 1.54) is 16.3 Å². The quantitative estimate of drug-likeness (QED) is 0.365. The number of phenolic OH excluding ortho intramolecular Hbond substituents is 1. The zero-order chi connectivity index (χ0) is 21.3. The third-order valence-electron chi connectivity index (χ3n) is 4.64. The van der Waals surface area contributed by atoms with E-state index in [2.05, 4.69) is 15.3 Å².